The van der Waals surface area contributed by atoms with Gasteiger partial charge in [0.25, 0.3) is 0 Å². The third kappa shape index (κ3) is 1.34. The molecule has 3 rings (SSSR count). The van der Waals surface area contributed by atoms with Crippen molar-refractivity contribution < 1.29 is 14.6 Å². The zero-order chi connectivity index (χ0) is 12.7. The SMILES string of the molecule is COc1cccc2ccn3c(C(=O)O)cnc3c12. The van der Waals surface area contributed by atoms with Crippen LogP contribution in [-0.2, 0) is 0 Å². The second-order valence-corrected chi connectivity index (χ2v) is 3.88. The Labute approximate surface area is 102 Å². The van der Waals surface area contributed by atoms with Crippen LogP contribution in [0.1, 0.15) is 10.5 Å². The van der Waals surface area contributed by atoms with Gasteiger partial charge in [-0.05, 0) is 17.5 Å². The largest absolute Gasteiger partial charge is 0.496 e. The van der Waals surface area contributed by atoms with Crippen molar-refractivity contribution >= 4 is 22.4 Å². The smallest absolute Gasteiger partial charge is 0.354 e. The number of imidazole rings is 1. The Hall–Kier alpha value is -2.56. The first-order valence-corrected chi connectivity index (χ1v) is 5.38. The summed E-state index contributed by atoms with van der Waals surface area (Å²) < 4.78 is 6.85. The van der Waals surface area contributed by atoms with E-state index < -0.39 is 5.97 Å². The number of hydrogen-bond acceptors (Lipinski definition) is 3. The summed E-state index contributed by atoms with van der Waals surface area (Å²) >= 11 is 0. The van der Waals surface area contributed by atoms with Gasteiger partial charge in [-0.2, -0.15) is 0 Å². The number of carboxylic acids is 1. The van der Waals surface area contributed by atoms with Crippen LogP contribution in [0.15, 0.2) is 36.7 Å². The normalized spacial score (nSPS) is 10.9. The van der Waals surface area contributed by atoms with Gasteiger partial charge < -0.3 is 9.84 Å². The molecule has 3 aromatic rings. The van der Waals surface area contributed by atoms with Crippen LogP contribution >= 0.6 is 0 Å². The minimum absolute atomic E-state index is 0.137. The summed E-state index contributed by atoms with van der Waals surface area (Å²) in [5, 5.41) is 10.9. The van der Waals surface area contributed by atoms with E-state index in [0.717, 1.165) is 10.8 Å². The number of nitrogens with zero attached hydrogens (tertiary/aromatic N) is 2. The molecule has 5 heteroatoms. The van der Waals surface area contributed by atoms with E-state index in [0.29, 0.717) is 11.4 Å². The van der Waals surface area contributed by atoms with E-state index in [4.69, 9.17) is 9.84 Å². The molecule has 1 N–H and O–H groups in total. The topological polar surface area (TPSA) is 63.8 Å². The number of carboxylic acid groups (broad SMARTS) is 1. The highest BCUT2D eigenvalue weighted by Gasteiger charge is 2.14. The third-order valence-corrected chi connectivity index (χ3v) is 2.92. The number of carbonyl (C=O) groups is 1. The van der Waals surface area contributed by atoms with E-state index in [-0.39, 0.29) is 5.69 Å². The highest BCUT2D eigenvalue weighted by atomic mass is 16.5. The Morgan fingerprint density at radius 3 is 2.94 bits per heavy atom. The van der Waals surface area contributed by atoms with Crippen molar-refractivity contribution in [2.45, 2.75) is 0 Å². The van der Waals surface area contributed by atoms with Crippen molar-refractivity contribution in [3.05, 3.63) is 42.4 Å². The first-order valence-electron chi connectivity index (χ1n) is 5.38. The molecule has 2 aromatic heterocycles. The molecule has 0 unspecified atom stereocenters. The Bertz CT molecular complexity index is 761. The summed E-state index contributed by atoms with van der Waals surface area (Å²) in [6, 6.07) is 7.50. The summed E-state index contributed by atoms with van der Waals surface area (Å²) in [4.78, 5) is 15.3. The lowest BCUT2D eigenvalue weighted by Crippen LogP contribution is -2.01. The number of methoxy groups -OCH3 is 1. The van der Waals surface area contributed by atoms with Crippen LogP contribution in [0.4, 0.5) is 0 Å². The van der Waals surface area contributed by atoms with Crippen LogP contribution in [0.2, 0.25) is 0 Å². The lowest BCUT2D eigenvalue weighted by Gasteiger charge is -2.06. The number of rotatable bonds is 2. The van der Waals surface area contributed by atoms with E-state index in [1.54, 1.807) is 17.7 Å². The average molecular weight is 242 g/mol. The second-order valence-electron chi connectivity index (χ2n) is 3.88. The third-order valence-electron chi connectivity index (χ3n) is 2.92. The zero-order valence-electron chi connectivity index (χ0n) is 9.62. The molecule has 18 heavy (non-hydrogen) atoms. The van der Waals surface area contributed by atoms with Gasteiger partial charge in [0.2, 0.25) is 0 Å². The maximum Gasteiger partial charge on any atom is 0.354 e. The summed E-state index contributed by atoms with van der Waals surface area (Å²) in [6.45, 7) is 0. The summed E-state index contributed by atoms with van der Waals surface area (Å²) in [7, 11) is 1.58. The standard InChI is InChI=1S/C13H10N2O3/c1-18-10-4-2-3-8-5-6-15-9(13(16)17)7-14-12(15)11(8)10/h2-7H,1H3,(H,16,17). The molecule has 2 heterocycles. The van der Waals surface area contributed by atoms with Gasteiger partial charge in [0.1, 0.15) is 11.4 Å². The molecule has 0 atom stereocenters. The summed E-state index contributed by atoms with van der Waals surface area (Å²) in [5.41, 5.74) is 0.722. The molecule has 0 radical (unpaired) electrons. The molecule has 90 valence electrons. The van der Waals surface area contributed by atoms with E-state index in [9.17, 15) is 4.79 Å². The van der Waals surface area contributed by atoms with Crippen LogP contribution in [0.25, 0.3) is 16.4 Å². The second kappa shape index (κ2) is 3.73. The van der Waals surface area contributed by atoms with E-state index in [1.165, 1.54) is 6.20 Å². The number of aromatic carboxylic acids is 1. The van der Waals surface area contributed by atoms with Crippen LogP contribution < -0.4 is 4.74 Å². The Balaban J connectivity index is 2.49. The first-order chi connectivity index (χ1) is 8.72. The number of hydrogen-bond donors (Lipinski definition) is 1. The van der Waals surface area contributed by atoms with Crippen molar-refractivity contribution in [2.75, 3.05) is 7.11 Å². The van der Waals surface area contributed by atoms with Crippen molar-refractivity contribution in [1.82, 2.24) is 9.38 Å². The molecular weight excluding hydrogens is 232 g/mol. The Kier molecular flexibility index (Phi) is 2.19. The van der Waals surface area contributed by atoms with Gasteiger partial charge in [-0.3, -0.25) is 4.40 Å². The predicted octanol–water partition coefficient (Wildman–Crippen LogP) is 2.19. The van der Waals surface area contributed by atoms with Gasteiger partial charge in [-0.15, -0.1) is 0 Å². The molecule has 0 saturated heterocycles. The van der Waals surface area contributed by atoms with Gasteiger partial charge in [-0.1, -0.05) is 12.1 Å². The molecule has 0 fully saturated rings. The van der Waals surface area contributed by atoms with Crippen LogP contribution in [-0.4, -0.2) is 27.6 Å². The molecule has 0 spiro atoms. The minimum atomic E-state index is -1.00. The highest BCUT2D eigenvalue weighted by Crippen LogP contribution is 2.29. The minimum Gasteiger partial charge on any atom is -0.496 e. The fraction of sp³-hybridized carbons (Fsp3) is 0.0769. The molecule has 0 bridgehead atoms. The number of pyridine rings is 1. The lowest BCUT2D eigenvalue weighted by molar-refractivity contribution is 0.0689. The van der Waals surface area contributed by atoms with Gasteiger partial charge in [0, 0.05) is 6.20 Å². The highest BCUT2D eigenvalue weighted by molar-refractivity contribution is 6.00. The molecule has 1 aromatic carbocycles. The number of fused-ring (bicyclic) bond motifs is 3. The van der Waals surface area contributed by atoms with Gasteiger partial charge in [-0.25, -0.2) is 9.78 Å². The number of ether oxygens (including phenoxy) is 1. The Morgan fingerprint density at radius 2 is 2.22 bits per heavy atom. The molecule has 0 aliphatic carbocycles. The maximum absolute atomic E-state index is 11.1. The molecule has 0 saturated carbocycles. The summed E-state index contributed by atoms with van der Waals surface area (Å²) in [6.07, 6.45) is 3.05. The zero-order valence-corrected chi connectivity index (χ0v) is 9.62. The fourth-order valence-corrected chi connectivity index (χ4v) is 2.11. The fourth-order valence-electron chi connectivity index (χ4n) is 2.11. The Morgan fingerprint density at radius 1 is 1.39 bits per heavy atom. The van der Waals surface area contributed by atoms with E-state index in [1.807, 2.05) is 24.3 Å². The lowest BCUT2D eigenvalue weighted by atomic mass is 10.1. The van der Waals surface area contributed by atoms with Gasteiger partial charge in [0.15, 0.2) is 5.69 Å². The first kappa shape index (κ1) is 10.6. The van der Waals surface area contributed by atoms with E-state index in [2.05, 4.69) is 4.98 Å². The number of aromatic nitrogens is 2. The van der Waals surface area contributed by atoms with Gasteiger partial charge in [0.05, 0.1) is 18.7 Å². The summed E-state index contributed by atoms with van der Waals surface area (Å²) in [5.74, 6) is -0.322. The molecule has 0 aliphatic heterocycles. The van der Waals surface area contributed by atoms with Crippen molar-refractivity contribution in [2.24, 2.45) is 0 Å². The molecule has 5 nitrogen and oxygen atoms in total. The van der Waals surface area contributed by atoms with Crippen LogP contribution in [0, 0.1) is 0 Å². The van der Waals surface area contributed by atoms with E-state index >= 15 is 0 Å². The quantitative estimate of drug-likeness (QED) is 0.748. The monoisotopic (exact) mass is 242 g/mol. The van der Waals surface area contributed by atoms with Crippen LogP contribution in [0.3, 0.4) is 0 Å². The molecular formula is C13H10N2O3. The molecule has 0 aliphatic rings. The average Bonchev–Trinajstić information content (AvgIpc) is 2.81. The van der Waals surface area contributed by atoms with Crippen LogP contribution in [0.5, 0.6) is 5.75 Å². The van der Waals surface area contributed by atoms with Gasteiger partial charge >= 0.3 is 5.97 Å². The van der Waals surface area contributed by atoms with Crippen molar-refractivity contribution in [3.8, 4) is 5.75 Å². The molecule has 0 amide bonds. The maximum atomic E-state index is 11.1. The van der Waals surface area contributed by atoms with Crippen molar-refractivity contribution in [1.29, 1.82) is 0 Å². The number of benzene rings is 1. The van der Waals surface area contributed by atoms with Crippen molar-refractivity contribution in [3.63, 3.8) is 0 Å². The predicted molar refractivity (Wildman–Crippen MR) is 66.2 cm³/mol.